The van der Waals surface area contributed by atoms with Gasteiger partial charge in [0.25, 0.3) is 0 Å². The van der Waals surface area contributed by atoms with Crippen LogP contribution in [0.15, 0.2) is 0 Å². The largest absolute Gasteiger partial charge is 0.381 e. The van der Waals surface area contributed by atoms with Crippen molar-refractivity contribution in [2.24, 2.45) is 22.7 Å². The average Bonchev–Trinajstić information content (AvgIpc) is 2.94. The van der Waals surface area contributed by atoms with Crippen molar-refractivity contribution in [2.75, 3.05) is 26.4 Å². The highest BCUT2D eigenvalue weighted by atomic mass is 16.5. The zero-order chi connectivity index (χ0) is 15.3. The topological polar surface area (TPSA) is 18.5 Å². The minimum absolute atomic E-state index is 0.458. The summed E-state index contributed by atoms with van der Waals surface area (Å²) in [5.74, 6) is 1.79. The van der Waals surface area contributed by atoms with Gasteiger partial charge in [0, 0.05) is 26.4 Å². The molecule has 2 bridgehead atoms. The van der Waals surface area contributed by atoms with Gasteiger partial charge in [0.15, 0.2) is 0 Å². The molecule has 21 heavy (non-hydrogen) atoms. The number of hydrogen-bond acceptors (Lipinski definition) is 2. The highest BCUT2D eigenvalue weighted by Gasteiger charge is 2.61. The third-order valence-electron chi connectivity index (χ3n) is 6.58. The average molecular weight is 296 g/mol. The molecule has 0 spiro atoms. The van der Waals surface area contributed by atoms with E-state index >= 15 is 0 Å². The molecule has 2 rings (SSSR count). The maximum Gasteiger partial charge on any atom is 0.0471 e. The van der Waals surface area contributed by atoms with Crippen LogP contribution in [0.4, 0.5) is 0 Å². The second-order valence-corrected chi connectivity index (χ2v) is 7.85. The van der Waals surface area contributed by atoms with Crippen molar-refractivity contribution in [3.8, 4) is 0 Å². The van der Waals surface area contributed by atoms with Gasteiger partial charge in [0.2, 0.25) is 0 Å². The summed E-state index contributed by atoms with van der Waals surface area (Å²) < 4.78 is 11.6. The van der Waals surface area contributed by atoms with Crippen molar-refractivity contribution in [2.45, 2.75) is 72.6 Å². The Hall–Kier alpha value is -0.0800. The lowest BCUT2D eigenvalue weighted by Crippen LogP contribution is -2.41. The third kappa shape index (κ3) is 3.47. The molecule has 0 amide bonds. The van der Waals surface area contributed by atoms with Gasteiger partial charge < -0.3 is 9.47 Å². The van der Waals surface area contributed by atoms with Crippen molar-refractivity contribution >= 4 is 0 Å². The third-order valence-corrected chi connectivity index (χ3v) is 6.58. The Morgan fingerprint density at radius 2 is 1.62 bits per heavy atom. The van der Waals surface area contributed by atoms with Crippen LogP contribution in [-0.2, 0) is 9.47 Å². The zero-order valence-electron chi connectivity index (χ0n) is 14.7. The van der Waals surface area contributed by atoms with Crippen LogP contribution in [0.2, 0.25) is 0 Å². The Bertz CT molecular complexity index is 317. The highest BCUT2D eigenvalue weighted by molar-refractivity contribution is 5.10. The van der Waals surface area contributed by atoms with Gasteiger partial charge in [-0.15, -0.1) is 0 Å². The van der Waals surface area contributed by atoms with Crippen LogP contribution < -0.4 is 0 Å². The fraction of sp³-hybridized carbons (Fsp3) is 1.00. The molecule has 2 heteroatoms. The first kappa shape index (κ1) is 17.3. The minimum atomic E-state index is 0.458. The van der Waals surface area contributed by atoms with Gasteiger partial charge in [-0.1, -0.05) is 27.7 Å². The van der Waals surface area contributed by atoms with Crippen LogP contribution >= 0.6 is 0 Å². The predicted octanol–water partition coefficient (Wildman–Crippen LogP) is 5.06. The molecule has 0 N–H and O–H groups in total. The summed E-state index contributed by atoms with van der Waals surface area (Å²) in [5.41, 5.74) is 1.00. The van der Waals surface area contributed by atoms with Gasteiger partial charge in [-0.25, -0.2) is 0 Å². The summed E-state index contributed by atoms with van der Waals surface area (Å²) in [6.45, 7) is 13.2. The molecule has 2 saturated carbocycles. The van der Waals surface area contributed by atoms with Crippen LogP contribution in [0.3, 0.4) is 0 Å². The number of fused-ring (bicyclic) bond motifs is 2. The first-order valence-electron chi connectivity index (χ1n) is 9.23. The van der Waals surface area contributed by atoms with E-state index in [1.165, 1.54) is 32.1 Å². The lowest BCUT2D eigenvalue weighted by Gasteiger charge is -2.47. The van der Waals surface area contributed by atoms with E-state index in [0.717, 1.165) is 51.1 Å². The zero-order valence-corrected chi connectivity index (χ0v) is 14.7. The van der Waals surface area contributed by atoms with E-state index in [0.29, 0.717) is 10.8 Å². The molecule has 0 aromatic rings. The van der Waals surface area contributed by atoms with Crippen LogP contribution in [0.25, 0.3) is 0 Å². The molecular formula is C19H36O2. The van der Waals surface area contributed by atoms with E-state index in [4.69, 9.17) is 9.47 Å². The monoisotopic (exact) mass is 296 g/mol. The summed E-state index contributed by atoms with van der Waals surface area (Å²) in [7, 11) is 0. The van der Waals surface area contributed by atoms with E-state index < -0.39 is 0 Å². The molecule has 0 aromatic heterocycles. The molecule has 0 aliphatic heterocycles. The van der Waals surface area contributed by atoms with Crippen molar-refractivity contribution in [1.29, 1.82) is 0 Å². The Balaban J connectivity index is 1.92. The van der Waals surface area contributed by atoms with Gasteiger partial charge in [-0.05, 0) is 67.6 Å². The van der Waals surface area contributed by atoms with Crippen LogP contribution in [0.5, 0.6) is 0 Å². The molecule has 124 valence electrons. The molecule has 2 nitrogen and oxygen atoms in total. The molecule has 2 fully saturated rings. The maximum absolute atomic E-state index is 5.82. The highest BCUT2D eigenvalue weighted by Crippen LogP contribution is 2.69. The first-order chi connectivity index (χ1) is 10.1. The molecule has 0 heterocycles. The summed E-state index contributed by atoms with van der Waals surface area (Å²) in [6, 6.07) is 0. The maximum atomic E-state index is 5.82. The summed E-state index contributed by atoms with van der Waals surface area (Å²) in [5, 5.41) is 0. The fourth-order valence-corrected chi connectivity index (χ4v) is 5.15. The quantitative estimate of drug-likeness (QED) is 0.524. The Morgan fingerprint density at radius 3 is 2.29 bits per heavy atom. The van der Waals surface area contributed by atoms with Crippen LogP contribution in [0, 0.1) is 22.7 Å². The standard InChI is InChI=1S/C19H36O2/c1-5-11-20-13-8-17-16-7-9-18(3,15-16)19(17,4)10-14-21-12-6-2/h16-17H,5-15H2,1-4H3. The van der Waals surface area contributed by atoms with Crippen molar-refractivity contribution < 1.29 is 9.47 Å². The summed E-state index contributed by atoms with van der Waals surface area (Å²) in [4.78, 5) is 0. The molecule has 4 atom stereocenters. The minimum Gasteiger partial charge on any atom is -0.381 e. The SMILES string of the molecule is CCCOCCC1C2CCC(C)(C2)C1(C)CCOCCC. The first-order valence-corrected chi connectivity index (χ1v) is 9.23. The predicted molar refractivity (Wildman–Crippen MR) is 88.5 cm³/mol. The summed E-state index contributed by atoms with van der Waals surface area (Å²) >= 11 is 0. The number of ether oxygens (including phenoxy) is 2. The lowest BCUT2D eigenvalue weighted by molar-refractivity contribution is -0.0218. The number of rotatable bonds is 10. The smallest absolute Gasteiger partial charge is 0.0471 e. The van der Waals surface area contributed by atoms with E-state index in [-0.39, 0.29) is 0 Å². The molecule has 4 unspecified atom stereocenters. The summed E-state index contributed by atoms with van der Waals surface area (Å²) in [6.07, 6.45) is 9.06. The molecule has 0 radical (unpaired) electrons. The Labute approximate surface area is 132 Å². The van der Waals surface area contributed by atoms with E-state index in [2.05, 4.69) is 27.7 Å². The van der Waals surface area contributed by atoms with Crippen molar-refractivity contribution in [3.63, 3.8) is 0 Å². The van der Waals surface area contributed by atoms with Gasteiger partial charge in [-0.2, -0.15) is 0 Å². The van der Waals surface area contributed by atoms with Gasteiger partial charge >= 0.3 is 0 Å². The van der Waals surface area contributed by atoms with Crippen LogP contribution in [0.1, 0.15) is 72.6 Å². The second kappa shape index (κ2) is 7.46. The van der Waals surface area contributed by atoms with E-state index in [1.54, 1.807) is 0 Å². The molecule has 2 aliphatic carbocycles. The van der Waals surface area contributed by atoms with Gasteiger partial charge in [-0.3, -0.25) is 0 Å². The van der Waals surface area contributed by atoms with E-state index in [9.17, 15) is 0 Å². The normalized spacial score (nSPS) is 38.3. The lowest BCUT2D eigenvalue weighted by atomic mass is 9.58. The fourth-order valence-electron chi connectivity index (χ4n) is 5.15. The number of hydrogen-bond donors (Lipinski definition) is 0. The van der Waals surface area contributed by atoms with Crippen molar-refractivity contribution in [3.05, 3.63) is 0 Å². The van der Waals surface area contributed by atoms with E-state index in [1.807, 2.05) is 0 Å². The Morgan fingerprint density at radius 1 is 0.952 bits per heavy atom. The molecular weight excluding hydrogens is 260 g/mol. The van der Waals surface area contributed by atoms with Gasteiger partial charge in [0.1, 0.15) is 0 Å². The Kier molecular flexibility index (Phi) is 6.14. The van der Waals surface area contributed by atoms with Crippen molar-refractivity contribution in [1.82, 2.24) is 0 Å². The van der Waals surface area contributed by atoms with Gasteiger partial charge in [0.05, 0.1) is 0 Å². The second-order valence-electron chi connectivity index (χ2n) is 7.85. The molecule has 2 aliphatic rings. The molecule has 0 aromatic carbocycles. The van der Waals surface area contributed by atoms with Crippen LogP contribution in [-0.4, -0.2) is 26.4 Å². The molecule has 0 saturated heterocycles.